The monoisotopic (exact) mass is 426 g/mol. The summed E-state index contributed by atoms with van der Waals surface area (Å²) in [4.78, 5) is 15.3. The van der Waals surface area contributed by atoms with Crippen molar-refractivity contribution >= 4 is 74.5 Å². The highest BCUT2D eigenvalue weighted by atomic mass is 35.5. The molecule has 2 aromatic rings. The van der Waals surface area contributed by atoms with Crippen LogP contribution >= 0.6 is 58.5 Å². The predicted octanol–water partition coefficient (Wildman–Crippen LogP) is 5.35. The van der Waals surface area contributed by atoms with Crippen molar-refractivity contribution in [1.82, 2.24) is 10.2 Å². The number of nitrogens with one attached hydrogen (secondary N) is 1. The number of nitrogens with zero attached hydrogens (tertiary/aromatic N) is 1. The largest absolute Gasteiger partial charge is 0.338 e. The molecule has 1 amide bonds. The zero-order valence-corrected chi connectivity index (χ0v) is 17.0. The molecule has 3 nitrogen and oxygen atoms in total. The molecule has 132 valence electrons. The van der Waals surface area contributed by atoms with Gasteiger partial charge in [-0.15, -0.1) is 23.7 Å². The smallest absolute Gasteiger partial charge is 0.265 e. The molecular weight excluding hydrogens is 410 g/mol. The van der Waals surface area contributed by atoms with Gasteiger partial charge in [0.05, 0.1) is 10.0 Å². The van der Waals surface area contributed by atoms with Crippen molar-refractivity contribution in [2.45, 2.75) is 12.8 Å². The van der Waals surface area contributed by atoms with Crippen LogP contribution in [0.5, 0.6) is 0 Å². The van der Waals surface area contributed by atoms with Gasteiger partial charge in [0.25, 0.3) is 5.91 Å². The minimum Gasteiger partial charge on any atom is -0.338 e. The lowest BCUT2D eigenvalue weighted by Gasteiger charge is -2.32. The van der Waals surface area contributed by atoms with Crippen molar-refractivity contribution in [2.24, 2.45) is 5.92 Å². The average molecular weight is 428 g/mol. The topological polar surface area (TPSA) is 32.3 Å². The molecular formula is C16H18Cl4N2OS. The molecule has 3 rings (SSSR count). The minimum atomic E-state index is -0.0100. The molecule has 1 saturated heterocycles. The SMILES string of the molecule is CNCC1CCCN(C(=O)c2sc3cc(Cl)cc(Cl)c3c2Cl)C1.Cl. The number of hydrogen-bond donors (Lipinski definition) is 1. The third kappa shape index (κ3) is 3.95. The Kier molecular flexibility index (Phi) is 7.06. The fourth-order valence-corrected chi connectivity index (χ4v) is 5.44. The highest BCUT2D eigenvalue weighted by molar-refractivity contribution is 7.21. The van der Waals surface area contributed by atoms with Crippen LogP contribution in [0.4, 0.5) is 0 Å². The lowest BCUT2D eigenvalue weighted by molar-refractivity contribution is 0.0679. The molecule has 1 aliphatic rings. The van der Waals surface area contributed by atoms with E-state index in [9.17, 15) is 4.79 Å². The van der Waals surface area contributed by atoms with Crippen molar-refractivity contribution < 1.29 is 4.79 Å². The van der Waals surface area contributed by atoms with E-state index in [2.05, 4.69) is 5.32 Å². The first-order valence-corrected chi connectivity index (χ1v) is 9.47. The number of amides is 1. The van der Waals surface area contributed by atoms with Crippen molar-refractivity contribution in [3.63, 3.8) is 0 Å². The number of carbonyl (C=O) groups is 1. The molecule has 24 heavy (non-hydrogen) atoms. The van der Waals surface area contributed by atoms with E-state index in [1.165, 1.54) is 11.3 Å². The summed E-state index contributed by atoms with van der Waals surface area (Å²) in [5, 5.41) is 5.38. The average Bonchev–Trinajstić information content (AvgIpc) is 2.84. The highest BCUT2D eigenvalue weighted by Crippen LogP contribution is 2.41. The van der Waals surface area contributed by atoms with Gasteiger partial charge in [-0.1, -0.05) is 34.8 Å². The summed E-state index contributed by atoms with van der Waals surface area (Å²) in [5.41, 5.74) is 0. The second kappa shape index (κ2) is 8.43. The summed E-state index contributed by atoms with van der Waals surface area (Å²) in [6.45, 7) is 2.46. The Hall–Kier alpha value is -0.230. The standard InChI is InChI=1S/C16H17Cl3N2OS.ClH/c1-20-7-9-3-2-4-21(8-9)16(22)15-14(19)13-11(18)5-10(17)6-12(13)23-15;/h5-6,9,20H,2-4,7-8H2,1H3;1H. The number of halogens is 4. The maximum atomic E-state index is 12.9. The molecule has 2 heterocycles. The van der Waals surface area contributed by atoms with Crippen LogP contribution < -0.4 is 5.32 Å². The van der Waals surface area contributed by atoms with Gasteiger partial charge in [0.1, 0.15) is 4.88 Å². The Bertz CT molecular complexity index is 747. The summed E-state index contributed by atoms with van der Waals surface area (Å²) < 4.78 is 0.847. The molecule has 8 heteroatoms. The molecule has 1 atom stereocenters. The van der Waals surface area contributed by atoms with Crippen molar-refractivity contribution in [1.29, 1.82) is 0 Å². The summed E-state index contributed by atoms with van der Waals surface area (Å²) >= 11 is 20.1. The third-order valence-electron chi connectivity index (χ3n) is 4.14. The molecule has 1 N–H and O–H groups in total. The maximum Gasteiger partial charge on any atom is 0.265 e. The molecule has 1 unspecified atom stereocenters. The predicted molar refractivity (Wildman–Crippen MR) is 107 cm³/mol. The van der Waals surface area contributed by atoms with Crippen molar-refractivity contribution in [3.05, 3.63) is 32.1 Å². The van der Waals surface area contributed by atoms with Crippen LogP contribution in [0.15, 0.2) is 12.1 Å². The summed E-state index contributed by atoms with van der Waals surface area (Å²) in [6.07, 6.45) is 2.17. The summed E-state index contributed by atoms with van der Waals surface area (Å²) in [6, 6.07) is 3.46. The molecule has 1 aliphatic heterocycles. The van der Waals surface area contributed by atoms with E-state index in [4.69, 9.17) is 34.8 Å². The molecule has 0 radical (unpaired) electrons. The van der Waals surface area contributed by atoms with E-state index in [1.54, 1.807) is 12.1 Å². The second-order valence-electron chi connectivity index (χ2n) is 5.82. The van der Waals surface area contributed by atoms with Gasteiger partial charge in [0, 0.05) is 28.2 Å². The van der Waals surface area contributed by atoms with Gasteiger partial charge >= 0.3 is 0 Å². The van der Waals surface area contributed by atoms with Gasteiger partial charge in [-0.25, -0.2) is 0 Å². The molecule has 1 aromatic heterocycles. The zero-order valence-electron chi connectivity index (χ0n) is 13.1. The normalized spacial score (nSPS) is 17.8. The number of carbonyl (C=O) groups excluding carboxylic acids is 1. The van der Waals surface area contributed by atoms with Gasteiger partial charge < -0.3 is 10.2 Å². The molecule has 0 bridgehead atoms. The number of piperidine rings is 1. The minimum absolute atomic E-state index is 0. The third-order valence-corrected chi connectivity index (χ3v) is 6.27. The quantitative estimate of drug-likeness (QED) is 0.715. The first-order valence-electron chi connectivity index (χ1n) is 7.52. The zero-order chi connectivity index (χ0) is 16.6. The summed E-state index contributed by atoms with van der Waals surface area (Å²) in [5.74, 6) is 0.480. The van der Waals surface area contributed by atoms with Crippen LogP contribution in [0.2, 0.25) is 15.1 Å². The van der Waals surface area contributed by atoms with Crippen molar-refractivity contribution in [3.8, 4) is 0 Å². The van der Waals surface area contributed by atoms with E-state index < -0.39 is 0 Å². The van der Waals surface area contributed by atoms with Crippen molar-refractivity contribution in [2.75, 3.05) is 26.7 Å². The van der Waals surface area contributed by atoms with Crippen LogP contribution in [0, 0.1) is 5.92 Å². The summed E-state index contributed by atoms with van der Waals surface area (Å²) in [7, 11) is 1.94. The van der Waals surface area contributed by atoms with Crippen LogP contribution in [-0.4, -0.2) is 37.5 Å². The first kappa shape index (κ1) is 20.1. The fraction of sp³-hybridized carbons (Fsp3) is 0.438. The van der Waals surface area contributed by atoms with Gasteiger partial charge in [-0.2, -0.15) is 0 Å². The van der Waals surface area contributed by atoms with E-state index in [1.807, 2.05) is 11.9 Å². The molecule has 1 fully saturated rings. The Morgan fingerprint density at radius 1 is 1.38 bits per heavy atom. The molecule has 0 saturated carbocycles. The van der Waals surface area contributed by atoms with Gasteiger partial charge in [-0.3, -0.25) is 4.79 Å². The van der Waals surface area contributed by atoms with E-state index >= 15 is 0 Å². The number of hydrogen-bond acceptors (Lipinski definition) is 3. The van der Waals surface area contributed by atoms with Gasteiger partial charge in [0.2, 0.25) is 0 Å². The van der Waals surface area contributed by atoms with E-state index in [0.717, 1.165) is 42.6 Å². The lowest BCUT2D eigenvalue weighted by atomic mass is 9.98. The Balaban J connectivity index is 0.00000208. The molecule has 1 aromatic carbocycles. The van der Waals surface area contributed by atoms with E-state index in [-0.39, 0.29) is 18.3 Å². The fourth-order valence-electron chi connectivity index (χ4n) is 3.10. The van der Waals surface area contributed by atoms with Gasteiger partial charge in [0.15, 0.2) is 0 Å². The Morgan fingerprint density at radius 2 is 2.12 bits per heavy atom. The Morgan fingerprint density at radius 3 is 2.83 bits per heavy atom. The van der Waals surface area contributed by atoms with Crippen LogP contribution in [0.1, 0.15) is 22.5 Å². The van der Waals surface area contributed by atoms with Crippen LogP contribution in [0.3, 0.4) is 0 Å². The molecule has 0 aliphatic carbocycles. The second-order valence-corrected chi connectivity index (χ2v) is 8.10. The van der Waals surface area contributed by atoms with Gasteiger partial charge in [-0.05, 0) is 44.5 Å². The number of fused-ring (bicyclic) bond motifs is 1. The first-order chi connectivity index (χ1) is 11.0. The lowest BCUT2D eigenvalue weighted by Crippen LogP contribution is -2.42. The molecule has 0 spiro atoms. The number of thiophene rings is 1. The Labute approximate surface area is 166 Å². The van der Waals surface area contributed by atoms with Crippen LogP contribution in [0.25, 0.3) is 10.1 Å². The van der Waals surface area contributed by atoms with E-state index in [0.29, 0.717) is 25.9 Å². The van der Waals surface area contributed by atoms with Crippen LogP contribution in [-0.2, 0) is 0 Å². The number of benzene rings is 1. The highest BCUT2D eigenvalue weighted by Gasteiger charge is 2.28. The maximum absolute atomic E-state index is 12.9. The number of likely N-dealkylation sites (tertiary alicyclic amines) is 1. The number of rotatable bonds is 3.